The number of nitrogens with one attached hydrogen (secondary N) is 1. The largest absolute Gasteiger partial charge is 0.391 e. The number of aliphatic hydroxyl groups excluding tert-OH is 1. The minimum Gasteiger partial charge on any atom is -0.391 e. The lowest BCUT2D eigenvalue weighted by Gasteiger charge is -2.31. The fraction of sp³-hybridized carbons (Fsp3) is 0.316. The number of carbonyl (C=O) groups is 1. The second-order valence-electron chi connectivity index (χ2n) is 6.42. The molecule has 0 heterocycles. The highest BCUT2D eigenvalue weighted by Gasteiger charge is 2.32. The molecule has 132 valence electrons. The Kier molecular flexibility index (Phi) is 5.03. The summed E-state index contributed by atoms with van der Waals surface area (Å²) in [6.45, 7) is 1.89. The Morgan fingerprint density at radius 3 is 2.60 bits per heavy atom. The molecule has 1 aliphatic carbocycles. The van der Waals surface area contributed by atoms with E-state index in [1.54, 1.807) is 24.3 Å². The molecule has 0 aromatic heterocycles. The van der Waals surface area contributed by atoms with Gasteiger partial charge in [0.05, 0.1) is 17.0 Å². The van der Waals surface area contributed by atoms with Gasteiger partial charge in [0.15, 0.2) is 0 Å². The molecule has 0 fully saturated rings. The number of benzene rings is 2. The molecular formula is C19H21NO4S. The van der Waals surface area contributed by atoms with Crippen LogP contribution in [0.4, 0.5) is 0 Å². The lowest BCUT2D eigenvalue weighted by molar-refractivity contribution is -0.107. The molecule has 25 heavy (non-hydrogen) atoms. The van der Waals surface area contributed by atoms with Gasteiger partial charge in [-0.3, -0.25) is 0 Å². The van der Waals surface area contributed by atoms with Crippen molar-refractivity contribution in [3.05, 3.63) is 64.7 Å². The van der Waals surface area contributed by atoms with E-state index >= 15 is 0 Å². The molecule has 2 aromatic rings. The predicted molar refractivity (Wildman–Crippen MR) is 94.8 cm³/mol. The predicted octanol–water partition coefficient (Wildman–Crippen LogP) is 2.06. The fourth-order valence-corrected chi connectivity index (χ4v) is 4.41. The van der Waals surface area contributed by atoms with Crippen LogP contribution in [0.5, 0.6) is 0 Å². The first kappa shape index (κ1) is 17.8. The van der Waals surface area contributed by atoms with E-state index in [-0.39, 0.29) is 11.3 Å². The molecule has 0 bridgehead atoms. The Labute approximate surface area is 147 Å². The van der Waals surface area contributed by atoms with Gasteiger partial charge in [-0.05, 0) is 48.6 Å². The van der Waals surface area contributed by atoms with Crippen molar-refractivity contribution >= 4 is 16.3 Å². The smallest absolute Gasteiger partial charge is 0.241 e. The molecule has 0 saturated heterocycles. The van der Waals surface area contributed by atoms with E-state index in [4.69, 9.17) is 0 Å². The molecule has 6 heteroatoms. The van der Waals surface area contributed by atoms with Crippen molar-refractivity contribution in [3.8, 4) is 0 Å². The summed E-state index contributed by atoms with van der Waals surface area (Å²) in [6.07, 6.45) is 1.44. The van der Waals surface area contributed by atoms with Crippen molar-refractivity contribution in [1.82, 2.24) is 4.72 Å². The van der Waals surface area contributed by atoms with Gasteiger partial charge in [-0.25, -0.2) is 13.1 Å². The Bertz CT molecular complexity index is 875. The van der Waals surface area contributed by atoms with E-state index in [0.717, 1.165) is 28.5 Å². The molecule has 5 nitrogen and oxygen atoms in total. The third-order valence-corrected chi connectivity index (χ3v) is 6.03. The van der Waals surface area contributed by atoms with Gasteiger partial charge in [-0.15, -0.1) is 0 Å². The number of aryl methyl sites for hydroxylation is 2. The summed E-state index contributed by atoms with van der Waals surface area (Å²) in [4.78, 5) is 10.9. The first-order valence-corrected chi connectivity index (χ1v) is 9.71. The van der Waals surface area contributed by atoms with Gasteiger partial charge in [0.2, 0.25) is 10.0 Å². The topological polar surface area (TPSA) is 83.5 Å². The standard InChI is InChI=1S/C19H21NO4S/c1-13-2-7-16(8-3-13)25(23,24)20-19-17-12-14(10-11-21)4-5-15(17)6-9-18(19)22/h2-5,7-8,11-12,18-20,22H,6,9-10H2,1H3/t18-,19-/m1/s1. The number of hydrogen-bond acceptors (Lipinski definition) is 4. The van der Waals surface area contributed by atoms with Crippen molar-refractivity contribution in [2.24, 2.45) is 0 Å². The van der Waals surface area contributed by atoms with Crippen molar-refractivity contribution in [1.29, 1.82) is 0 Å². The van der Waals surface area contributed by atoms with Crippen LogP contribution >= 0.6 is 0 Å². The maximum atomic E-state index is 12.7. The van der Waals surface area contributed by atoms with Crippen LogP contribution < -0.4 is 4.72 Å². The zero-order valence-corrected chi connectivity index (χ0v) is 14.8. The van der Waals surface area contributed by atoms with Crippen LogP contribution in [-0.4, -0.2) is 25.9 Å². The summed E-state index contributed by atoms with van der Waals surface area (Å²) in [5.41, 5.74) is 3.52. The Hall–Kier alpha value is -2.02. The van der Waals surface area contributed by atoms with E-state index in [9.17, 15) is 18.3 Å². The lowest BCUT2D eigenvalue weighted by atomic mass is 9.85. The summed E-state index contributed by atoms with van der Waals surface area (Å²) in [6, 6.07) is 11.5. The average Bonchev–Trinajstić information content (AvgIpc) is 2.58. The van der Waals surface area contributed by atoms with Crippen LogP contribution in [0.25, 0.3) is 0 Å². The molecule has 0 amide bonds. The van der Waals surface area contributed by atoms with Crippen LogP contribution in [0.1, 0.15) is 34.7 Å². The van der Waals surface area contributed by atoms with Crippen LogP contribution in [0.2, 0.25) is 0 Å². The molecule has 2 N–H and O–H groups in total. The molecule has 2 atom stereocenters. The van der Waals surface area contributed by atoms with Gasteiger partial charge >= 0.3 is 0 Å². The zero-order chi connectivity index (χ0) is 18.0. The van der Waals surface area contributed by atoms with Crippen molar-refractivity contribution in [2.45, 2.75) is 43.2 Å². The number of aliphatic hydroxyl groups is 1. The van der Waals surface area contributed by atoms with Crippen molar-refractivity contribution in [3.63, 3.8) is 0 Å². The first-order valence-electron chi connectivity index (χ1n) is 8.23. The Morgan fingerprint density at radius 1 is 1.20 bits per heavy atom. The van der Waals surface area contributed by atoms with Gasteiger partial charge in [0, 0.05) is 6.42 Å². The van der Waals surface area contributed by atoms with Gasteiger partial charge < -0.3 is 9.90 Å². The molecule has 0 saturated carbocycles. The van der Waals surface area contributed by atoms with Crippen molar-refractivity contribution in [2.75, 3.05) is 0 Å². The summed E-state index contributed by atoms with van der Waals surface area (Å²) < 4.78 is 28.0. The maximum Gasteiger partial charge on any atom is 0.241 e. The van der Waals surface area contributed by atoms with E-state index in [1.165, 1.54) is 0 Å². The average molecular weight is 359 g/mol. The quantitative estimate of drug-likeness (QED) is 0.801. The SMILES string of the molecule is Cc1ccc(S(=O)(=O)N[C@@H]2c3cc(CC=O)ccc3CC[C@H]2O)cc1. The number of sulfonamides is 1. The summed E-state index contributed by atoms with van der Waals surface area (Å²) in [5, 5.41) is 10.4. The van der Waals surface area contributed by atoms with Crippen LogP contribution in [-0.2, 0) is 27.7 Å². The number of aldehydes is 1. The van der Waals surface area contributed by atoms with Gasteiger partial charge in [-0.1, -0.05) is 35.9 Å². The normalized spacial score (nSPS) is 20.1. The molecule has 0 aliphatic heterocycles. The Balaban J connectivity index is 1.95. The fourth-order valence-electron chi connectivity index (χ4n) is 3.16. The van der Waals surface area contributed by atoms with E-state index in [0.29, 0.717) is 12.8 Å². The molecule has 0 unspecified atom stereocenters. The number of fused-ring (bicyclic) bond motifs is 1. The van der Waals surface area contributed by atoms with Crippen LogP contribution in [0.3, 0.4) is 0 Å². The van der Waals surface area contributed by atoms with Crippen LogP contribution in [0.15, 0.2) is 47.4 Å². The lowest BCUT2D eigenvalue weighted by Crippen LogP contribution is -2.39. The summed E-state index contributed by atoms with van der Waals surface area (Å²) in [5.74, 6) is 0. The second kappa shape index (κ2) is 7.07. The monoisotopic (exact) mass is 359 g/mol. The number of hydrogen-bond donors (Lipinski definition) is 2. The molecule has 3 rings (SSSR count). The number of rotatable bonds is 5. The second-order valence-corrected chi connectivity index (χ2v) is 8.14. The molecular weight excluding hydrogens is 338 g/mol. The molecule has 0 radical (unpaired) electrons. The molecule has 0 spiro atoms. The number of carbonyl (C=O) groups excluding carboxylic acids is 1. The van der Waals surface area contributed by atoms with E-state index < -0.39 is 22.2 Å². The summed E-state index contributed by atoms with van der Waals surface area (Å²) >= 11 is 0. The van der Waals surface area contributed by atoms with Gasteiger partial charge in [0.1, 0.15) is 6.29 Å². The minimum atomic E-state index is -3.76. The van der Waals surface area contributed by atoms with Crippen molar-refractivity contribution < 1.29 is 18.3 Å². The highest BCUT2D eigenvalue weighted by Crippen LogP contribution is 2.32. The third kappa shape index (κ3) is 3.81. The highest BCUT2D eigenvalue weighted by atomic mass is 32.2. The first-order chi connectivity index (χ1) is 11.9. The highest BCUT2D eigenvalue weighted by molar-refractivity contribution is 7.89. The summed E-state index contributed by atoms with van der Waals surface area (Å²) in [7, 11) is -3.76. The van der Waals surface area contributed by atoms with Crippen LogP contribution in [0, 0.1) is 6.92 Å². The van der Waals surface area contributed by atoms with E-state index in [1.807, 2.05) is 25.1 Å². The third-order valence-electron chi connectivity index (χ3n) is 4.57. The maximum absolute atomic E-state index is 12.7. The van der Waals surface area contributed by atoms with E-state index in [2.05, 4.69) is 4.72 Å². The molecule has 2 aromatic carbocycles. The zero-order valence-electron chi connectivity index (χ0n) is 14.0. The molecule has 1 aliphatic rings. The Morgan fingerprint density at radius 2 is 1.92 bits per heavy atom. The minimum absolute atomic E-state index is 0.168. The van der Waals surface area contributed by atoms with Gasteiger partial charge in [0.25, 0.3) is 0 Å². The van der Waals surface area contributed by atoms with Gasteiger partial charge in [-0.2, -0.15) is 0 Å².